The molecule has 0 atom stereocenters. The van der Waals surface area contributed by atoms with Crippen LogP contribution in [0.1, 0.15) is 31.2 Å². The normalized spacial score (nSPS) is 22.2. The molecule has 2 amide bonds. The van der Waals surface area contributed by atoms with Gasteiger partial charge in [0.05, 0.1) is 5.56 Å². The Morgan fingerprint density at radius 2 is 1.73 bits per heavy atom. The lowest BCUT2D eigenvalue weighted by Gasteiger charge is -2.28. The van der Waals surface area contributed by atoms with Crippen molar-refractivity contribution in [3.8, 4) is 0 Å². The minimum atomic E-state index is -4.37. The summed E-state index contributed by atoms with van der Waals surface area (Å²) in [5.41, 5.74) is 5.21. The van der Waals surface area contributed by atoms with Crippen LogP contribution in [-0.2, 0) is 6.18 Å². The van der Waals surface area contributed by atoms with Crippen molar-refractivity contribution in [2.45, 2.75) is 37.9 Å². The molecule has 0 heterocycles. The fourth-order valence-corrected chi connectivity index (χ4v) is 2.64. The molecule has 0 saturated heterocycles. The lowest BCUT2D eigenvalue weighted by molar-refractivity contribution is -0.137. The Morgan fingerprint density at radius 1 is 1.14 bits per heavy atom. The monoisotopic (exact) mass is 315 g/mol. The highest BCUT2D eigenvalue weighted by atomic mass is 19.4. The van der Waals surface area contributed by atoms with Gasteiger partial charge in [-0.2, -0.15) is 13.2 Å². The van der Waals surface area contributed by atoms with Gasteiger partial charge in [-0.05, 0) is 62.4 Å². The molecule has 2 rings (SSSR count). The Morgan fingerprint density at radius 3 is 2.23 bits per heavy atom. The number of anilines is 1. The van der Waals surface area contributed by atoms with Crippen LogP contribution in [0.2, 0.25) is 0 Å². The number of amides is 2. The van der Waals surface area contributed by atoms with Gasteiger partial charge in [-0.3, -0.25) is 0 Å². The number of rotatable bonds is 3. The van der Waals surface area contributed by atoms with E-state index >= 15 is 0 Å². The predicted octanol–water partition coefficient (Wildman–Crippen LogP) is 3.34. The van der Waals surface area contributed by atoms with Crippen LogP contribution in [0, 0.1) is 5.92 Å². The minimum Gasteiger partial charge on any atom is -0.335 e. The lowest BCUT2D eigenvalue weighted by Crippen LogP contribution is -2.40. The number of urea groups is 1. The van der Waals surface area contributed by atoms with Gasteiger partial charge in [0.1, 0.15) is 0 Å². The summed E-state index contributed by atoms with van der Waals surface area (Å²) < 4.78 is 37.3. The van der Waals surface area contributed by atoms with E-state index in [-0.39, 0.29) is 6.04 Å². The maximum Gasteiger partial charge on any atom is 0.416 e. The molecule has 7 heteroatoms. The number of nitrogens with one attached hydrogen (secondary N) is 2. The first-order valence-electron chi connectivity index (χ1n) is 7.33. The average molecular weight is 315 g/mol. The minimum absolute atomic E-state index is 0.0947. The highest BCUT2D eigenvalue weighted by Crippen LogP contribution is 2.29. The van der Waals surface area contributed by atoms with Crippen molar-refractivity contribution in [2.24, 2.45) is 11.7 Å². The zero-order valence-electron chi connectivity index (χ0n) is 12.1. The Kier molecular flexibility index (Phi) is 5.28. The van der Waals surface area contributed by atoms with Crippen LogP contribution in [-0.4, -0.2) is 18.6 Å². The zero-order valence-corrected chi connectivity index (χ0v) is 12.1. The van der Waals surface area contributed by atoms with Crippen LogP contribution in [0.4, 0.5) is 23.7 Å². The van der Waals surface area contributed by atoms with Crippen LogP contribution in [0.15, 0.2) is 24.3 Å². The van der Waals surface area contributed by atoms with Gasteiger partial charge in [0.15, 0.2) is 0 Å². The number of carbonyl (C=O) groups excluding carboxylic acids is 1. The van der Waals surface area contributed by atoms with Crippen LogP contribution in [0.3, 0.4) is 0 Å². The molecule has 1 aliphatic carbocycles. The molecule has 4 N–H and O–H groups in total. The molecule has 122 valence electrons. The van der Waals surface area contributed by atoms with E-state index in [9.17, 15) is 18.0 Å². The van der Waals surface area contributed by atoms with Crippen molar-refractivity contribution in [3.63, 3.8) is 0 Å². The van der Waals surface area contributed by atoms with Crippen molar-refractivity contribution >= 4 is 11.7 Å². The smallest absolute Gasteiger partial charge is 0.335 e. The van der Waals surface area contributed by atoms with Crippen LogP contribution < -0.4 is 16.4 Å². The Bertz CT molecular complexity index is 494. The molecule has 4 nitrogen and oxygen atoms in total. The molecule has 0 unspecified atom stereocenters. The molecular weight excluding hydrogens is 295 g/mol. The van der Waals surface area contributed by atoms with Gasteiger partial charge < -0.3 is 16.4 Å². The number of nitrogens with two attached hydrogens (primary N) is 1. The average Bonchev–Trinajstić information content (AvgIpc) is 2.47. The van der Waals surface area contributed by atoms with E-state index in [1.807, 2.05) is 0 Å². The van der Waals surface area contributed by atoms with Gasteiger partial charge in [-0.15, -0.1) is 0 Å². The third-order valence-electron chi connectivity index (χ3n) is 3.99. The summed E-state index contributed by atoms with van der Waals surface area (Å²) in [6, 6.07) is 4.08. The first-order chi connectivity index (χ1) is 10.4. The van der Waals surface area contributed by atoms with Crippen molar-refractivity contribution in [3.05, 3.63) is 29.8 Å². The number of benzene rings is 1. The summed E-state index contributed by atoms with van der Waals surface area (Å²) >= 11 is 0. The standard InChI is InChI=1S/C15H20F3N3O/c16-15(17,18)11-3-7-13(8-4-11)21-14(22)20-12-5-1-10(9-19)2-6-12/h3-4,7-8,10,12H,1-2,5-6,9,19H2,(H2,20,21,22)/t10-,12+. The quantitative estimate of drug-likeness (QED) is 0.801. The van der Waals surface area contributed by atoms with E-state index in [1.54, 1.807) is 0 Å². The van der Waals surface area contributed by atoms with Gasteiger partial charge in [0.25, 0.3) is 0 Å². The molecule has 0 bridgehead atoms. The van der Waals surface area contributed by atoms with E-state index in [2.05, 4.69) is 10.6 Å². The second kappa shape index (κ2) is 7.00. The van der Waals surface area contributed by atoms with E-state index in [0.29, 0.717) is 18.2 Å². The SMILES string of the molecule is NC[C@H]1CC[C@@H](NC(=O)Nc2ccc(C(F)(F)F)cc2)CC1. The summed E-state index contributed by atoms with van der Waals surface area (Å²) in [6.45, 7) is 0.671. The van der Waals surface area contributed by atoms with Gasteiger partial charge in [0, 0.05) is 11.7 Å². The predicted molar refractivity (Wildman–Crippen MR) is 78.4 cm³/mol. The Labute approximate surface area is 127 Å². The van der Waals surface area contributed by atoms with Crippen molar-refractivity contribution < 1.29 is 18.0 Å². The van der Waals surface area contributed by atoms with Crippen molar-refractivity contribution in [2.75, 3.05) is 11.9 Å². The number of halogens is 3. The van der Waals surface area contributed by atoms with Crippen LogP contribution in [0.25, 0.3) is 0 Å². The first-order valence-corrected chi connectivity index (χ1v) is 7.33. The van der Waals surface area contributed by atoms with Crippen LogP contribution in [0.5, 0.6) is 0 Å². The van der Waals surface area contributed by atoms with Crippen molar-refractivity contribution in [1.82, 2.24) is 5.32 Å². The zero-order chi connectivity index (χ0) is 16.2. The molecule has 22 heavy (non-hydrogen) atoms. The van der Waals surface area contributed by atoms with E-state index in [1.165, 1.54) is 12.1 Å². The van der Waals surface area contributed by atoms with Gasteiger partial charge in [-0.1, -0.05) is 0 Å². The Hall–Kier alpha value is -1.76. The first kappa shape index (κ1) is 16.6. The topological polar surface area (TPSA) is 67.1 Å². The molecule has 1 fully saturated rings. The second-order valence-corrected chi connectivity index (χ2v) is 5.63. The molecule has 0 radical (unpaired) electrons. The van der Waals surface area contributed by atoms with E-state index < -0.39 is 17.8 Å². The van der Waals surface area contributed by atoms with Crippen LogP contribution >= 0.6 is 0 Å². The van der Waals surface area contributed by atoms with E-state index in [4.69, 9.17) is 5.73 Å². The largest absolute Gasteiger partial charge is 0.416 e. The summed E-state index contributed by atoms with van der Waals surface area (Å²) in [5.74, 6) is 0.524. The maximum absolute atomic E-state index is 12.4. The van der Waals surface area contributed by atoms with Crippen molar-refractivity contribution in [1.29, 1.82) is 0 Å². The molecule has 1 aliphatic rings. The number of hydrogen-bond donors (Lipinski definition) is 3. The fourth-order valence-electron chi connectivity index (χ4n) is 2.64. The summed E-state index contributed by atoms with van der Waals surface area (Å²) in [5, 5.41) is 5.39. The van der Waals surface area contributed by atoms with Gasteiger partial charge in [-0.25, -0.2) is 4.79 Å². The third-order valence-corrected chi connectivity index (χ3v) is 3.99. The number of alkyl halides is 3. The third kappa shape index (κ3) is 4.62. The van der Waals surface area contributed by atoms with Gasteiger partial charge in [0.2, 0.25) is 0 Å². The second-order valence-electron chi connectivity index (χ2n) is 5.63. The molecular formula is C15H20F3N3O. The molecule has 1 aromatic rings. The number of carbonyl (C=O) groups is 1. The lowest BCUT2D eigenvalue weighted by atomic mass is 9.86. The Balaban J connectivity index is 1.82. The molecule has 1 aromatic carbocycles. The molecule has 0 spiro atoms. The van der Waals surface area contributed by atoms with E-state index in [0.717, 1.165) is 37.8 Å². The summed E-state index contributed by atoms with van der Waals surface area (Å²) in [6.07, 6.45) is -0.642. The summed E-state index contributed by atoms with van der Waals surface area (Å²) in [7, 11) is 0. The number of hydrogen-bond acceptors (Lipinski definition) is 2. The maximum atomic E-state index is 12.4. The summed E-state index contributed by atoms with van der Waals surface area (Å²) in [4.78, 5) is 11.8. The molecule has 0 aliphatic heterocycles. The highest BCUT2D eigenvalue weighted by molar-refractivity contribution is 5.89. The highest BCUT2D eigenvalue weighted by Gasteiger charge is 2.30. The fraction of sp³-hybridized carbons (Fsp3) is 0.533. The molecule has 1 saturated carbocycles. The van der Waals surface area contributed by atoms with Gasteiger partial charge >= 0.3 is 12.2 Å². The molecule has 0 aromatic heterocycles.